The van der Waals surface area contributed by atoms with Gasteiger partial charge in [-0.1, -0.05) is 13.8 Å². The molecule has 35 heavy (non-hydrogen) atoms. The number of aromatic nitrogens is 3. The first-order valence-corrected chi connectivity index (χ1v) is 11.4. The fraction of sp³-hybridized carbons (Fsp3) is 0.346. The van der Waals surface area contributed by atoms with E-state index in [1.165, 1.54) is 12.3 Å². The molecule has 0 radical (unpaired) electrons. The summed E-state index contributed by atoms with van der Waals surface area (Å²) in [5.41, 5.74) is 1.32. The van der Waals surface area contributed by atoms with E-state index in [2.05, 4.69) is 16.3 Å². The molecule has 2 atom stereocenters. The Labute approximate surface area is 199 Å². The maximum atomic E-state index is 16.1. The number of benzene rings is 2. The first-order valence-electron chi connectivity index (χ1n) is 11.4. The summed E-state index contributed by atoms with van der Waals surface area (Å²) in [6.45, 7) is 3.69. The minimum atomic E-state index is -1.05. The lowest BCUT2D eigenvalue weighted by Crippen LogP contribution is -2.23. The van der Waals surface area contributed by atoms with Crippen LogP contribution in [0.3, 0.4) is 0 Å². The highest BCUT2D eigenvalue weighted by Gasteiger charge is 2.40. The number of fused-ring (bicyclic) bond motifs is 2. The second kappa shape index (κ2) is 8.15. The lowest BCUT2D eigenvalue weighted by Gasteiger charge is -2.28. The number of aromatic amines is 1. The third kappa shape index (κ3) is 3.55. The fourth-order valence-corrected chi connectivity index (χ4v) is 5.54. The highest BCUT2D eigenvalue weighted by atomic mass is 19.2. The van der Waals surface area contributed by atoms with Crippen LogP contribution in [0, 0.1) is 34.7 Å². The molecule has 0 spiro atoms. The van der Waals surface area contributed by atoms with Gasteiger partial charge in [-0.05, 0) is 48.9 Å². The Morgan fingerprint density at radius 3 is 2.69 bits per heavy atom. The highest BCUT2D eigenvalue weighted by Crippen LogP contribution is 2.49. The lowest BCUT2D eigenvalue weighted by atomic mass is 9.79. The average Bonchev–Trinajstić information content (AvgIpc) is 3.52. The van der Waals surface area contributed by atoms with E-state index in [0.717, 1.165) is 12.1 Å². The van der Waals surface area contributed by atoms with E-state index < -0.39 is 34.8 Å². The Balaban J connectivity index is 1.93. The number of aliphatic carboxylic acids is 1. The summed E-state index contributed by atoms with van der Waals surface area (Å²) >= 11 is 0. The number of nitrogens with zero attached hydrogens (tertiary/aromatic N) is 3. The molecule has 5 rings (SSSR count). The molecule has 2 heterocycles. The van der Waals surface area contributed by atoms with Crippen LogP contribution in [0.5, 0.6) is 0 Å². The van der Waals surface area contributed by atoms with E-state index in [0.29, 0.717) is 41.4 Å². The molecule has 2 aromatic heterocycles. The van der Waals surface area contributed by atoms with Crippen molar-refractivity contribution < 1.29 is 23.1 Å². The lowest BCUT2D eigenvalue weighted by molar-refractivity contribution is -0.141. The SMILES string of the molecule is CC(C)(CC#N)c1c([C@@H]2CCC(C(=O)O)C2)c2c(F)c3[nH]ncc3cc2n1-c1ccc(F)c(F)c1. The van der Waals surface area contributed by atoms with Crippen molar-refractivity contribution in [1.82, 2.24) is 14.8 Å². The largest absolute Gasteiger partial charge is 0.481 e. The molecular weight excluding hydrogens is 457 g/mol. The quantitative estimate of drug-likeness (QED) is 0.362. The van der Waals surface area contributed by atoms with Crippen molar-refractivity contribution in [3.05, 3.63) is 59.2 Å². The second-order valence-corrected chi connectivity index (χ2v) is 9.88. The minimum absolute atomic E-state index is 0.0795. The number of nitrogens with one attached hydrogen (secondary N) is 1. The normalized spacial score (nSPS) is 18.4. The number of rotatable bonds is 5. The molecule has 0 bridgehead atoms. The maximum absolute atomic E-state index is 16.1. The smallest absolute Gasteiger partial charge is 0.306 e. The van der Waals surface area contributed by atoms with Crippen LogP contribution in [-0.4, -0.2) is 25.8 Å². The van der Waals surface area contributed by atoms with E-state index in [1.54, 1.807) is 10.6 Å². The average molecular weight is 480 g/mol. The van der Waals surface area contributed by atoms with E-state index >= 15 is 4.39 Å². The maximum Gasteiger partial charge on any atom is 0.306 e. The first kappa shape index (κ1) is 23.0. The summed E-state index contributed by atoms with van der Waals surface area (Å²) in [5, 5.41) is 26.6. The van der Waals surface area contributed by atoms with Crippen LogP contribution in [0.15, 0.2) is 30.5 Å². The molecule has 180 valence electrons. The summed E-state index contributed by atoms with van der Waals surface area (Å²) in [4.78, 5) is 11.7. The van der Waals surface area contributed by atoms with Crippen LogP contribution < -0.4 is 0 Å². The summed E-state index contributed by atoms with van der Waals surface area (Å²) in [5.74, 6) is -4.34. The van der Waals surface area contributed by atoms with Gasteiger partial charge in [-0.2, -0.15) is 10.4 Å². The summed E-state index contributed by atoms with van der Waals surface area (Å²) in [6, 6.07) is 7.40. The predicted octanol–water partition coefficient (Wildman–Crippen LogP) is 6.08. The number of hydrogen-bond acceptors (Lipinski definition) is 3. The third-order valence-electron chi connectivity index (χ3n) is 7.16. The zero-order chi connectivity index (χ0) is 25.1. The second-order valence-electron chi connectivity index (χ2n) is 9.88. The van der Waals surface area contributed by atoms with E-state index in [9.17, 15) is 23.9 Å². The molecule has 0 saturated heterocycles. The molecule has 1 aliphatic carbocycles. The van der Waals surface area contributed by atoms with Crippen molar-refractivity contribution in [3.63, 3.8) is 0 Å². The Bertz CT molecular complexity index is 1530. The Morgan fingerprint density at radius 1 is 1.26 bits per heavy atom. The standard InChI is InChI=1S/C26H23F3N4O2/c1-26(2,7-8-30)24-20(13-3-4-14(9-13)25(34)35)21-19(10-15-12-31-32-23(15)22(21)29)33(24)16-5-6-17(27)18(28)11-16/h5-6,10-14H,3-4,7,9H2,1-2H3,(H,31,32)(H,34,35)/t13-,14?/m1/s1. The van der Waals surface area contributed by atoms with Gasteiger partial charge in [-0.3, -0.25) is 9.89 Å². The van der Waals surface area contributed by atoms with Gasteiger partial charge in [0.15, 0.2) is 17.5 Å². The number of H-pyrrole nitrogens is 1. The van der Waals surface area contributed by atoms with Gasteiger partial charge < -0.3 is 9.67 Å². The zero-order valence-electron chi connectivity index (χ0n) is 19.2. The summed E-state index contributed by atoms with van der Waals surface area (Å²) in [7, 11) is 0. The number of hydrogen-bond donors (Lipinski definition) is 2. The molecule has 2 N–H and O–H groups in total. The molecule has 1 aliphatic rings. The van der Waals surface area contributed by atoms with Gasteiger partial charge in [0, 0.05) is 40.1 Å². The highest BCUT2D eigenvalue weighted by molar-refractivity contribution is 6.00. The monoisotopic (exact) mass is 480 g/mol. The molecule has 4 aromatic rings. The van der Waals surface area contributed by atoms with Crippen LogP contribution in [0.4, 0.5) is 13.2 Å². The van der Waals surface area contributed by atoms with Crippen LogP contribution in [-0.2, 0) is 10.2 Å². The van der Waals surface area contributed by atoms with Gasteiger partial charge in [-0.25, -0.2) is 13.2 Å². The van der Waals surface area contributed by atoms with Crippen LogP contribution in [0.2, 0.25) is 0 Å². The number of nitriles is 1. The Morgan fingerprint density at radius 2 is 2.03 bits per heavy atom. The Kier molecular flexibility index (Phi) is 5.35. The van der Waals surface area contributed by atoms with Crippen LogP contribution in [0.25, 0.3) is 27.5 Å². The number of carboxylic acids is 1. The number of halogens is 3. The molecule has 0 amide bonds. The number of carbonyl (C=O) groups is 1. The summed E-state index contributed by atoms with van der Waals surface area (Å²) < 4.78 is 46.0. The van der Waals surface area contributed by atoms with Gasteiger partial charge in [0.1, 0.15) is 5.52 Å². The van der Waals surface area contributed by atoms with Crippen molar-refractivity contribution in [3.8, 4) is 11.8 Å². The molecule has 1 unspecified atom stereocenters. The third-order valence-corrected chi connectivity index (χ3v) is 7.16. The van der Waals surface area contributed by atoms with Crippen LogP contribution in [0.1, 0.15) is 56.7 Å². The molecule has 1 fully saturated rings. The first-order chi connectivity index (χ1) is 16.6. The topological polar surface area (TPSA) is 94.7 Å². The van der Waals surface area contributed by atoms with Crippen molar-refractivity contribution in [2.45, 2.75) is 50.9 Å². The van der Waals surface area contributed by atoms with E-state index in [1.807, 2.05) is 13.8 Å². The van der Waals surface area contributed by atoms with Crippen molar-refractivity contribution >= 4 is 27.8 Å². The van der Waals surface area contributed by atoms with Gasteiger partial charge in [0.2, 0.25) is 0 Å². The van der Waals surface area contributed by atoms with Gasteiger partial charge in [0.05, 0.1) is 23.7 Å². The molecule has 2 aromatic carbocycles. The summed E-state index contributed by atoms with van der Waals surface area (Å²) in [6.07, 6.45) is 2.86. The van der Waals surface area contributed by atoms with Gasteiger partial charge in [0.25, 0.3) is 0 Å². The van der Waals surface area contributed by atoms with Crippen molar-refractivity contribution in [2.75, 3.05) is 0 Å². The van der Waals surface area contributed by atoms with Gasteiger partial charge in [-0.15, -0.1) is 0 Å². The van der Waals surface area contributed by atoms with Crippen molar-refractivity contribution in [1.29, 1.82) is 5.26 Å². The molecule has 0 aliphatic heterocycles. The molecule has 1 saturated carbocycles. The van der Waals surface area contributed by atoms with E-state index in [4.69, 9.17) is 0 Å². The molecule has 9 heteroatoms. The van der Waals surface area contributed by atoms with E-state index in [-0.39, 0.29) is 28.9 Å². The molecular formula is C26H23F3N4O2. The van der Waals surface area contributed by atoms with Crippen molar-refractivity contribution in [2.24, 2.45) is 5.92 Å². The zero-order valence-corrected chi connectivity index (χ0v) is 19.2. The fourth-order valence-electron chi connectivity index (χ4n) is 5.54. The minimum Gasteiger partial charge on any atom is -0.481 e. The molecule has 6 nitrogen and oxygen atoms in total. The number of carboxylic acid groups (broad SMARTS) is 1. The van der Waals surface area contributed by atoms with Gasteiger partial charge >= 0.3 is 5.97 Å². The Hall–Kier alpha value is -3.80. The predicted molar refractivity (Wildman–Crippen MR) is 124 cm³/mol. The van der Waals surface area contributed by atoms with Crippen LogP contribution >= 0.6 is 0 Å².